The molecule has 0 aromatic heterocycles. The molecule has 4 nitrogen and oxygen atoms in total. The monoisotopic (exact) mass is 308 g/mol. The van der Waals surface area contributed by atoms with Crippen LogP contribution in [0, 0.1) is 12.8 Å². The van der Waals surface area contributed by atoms with Crippen LogP contribution in [0.4, 0.5) is 4.79 Å². The Bertz CT molecular complexity index is 473. The number of benzene rings is 1. The van der Waals surface area contributed by atoms with Crippen molar-refractivity contribution in [1.29, 1.82) is 0 Å². The van der Waals surface area contributed by atoms with Crippen LogP contribution in [0.2, 0.25) is 0 Å². The zero-order valence-electron chi connectivity index (χ0n) is 12.8. The summed E-state index contributed by atoms with van der Waals surface area (Å²) in [5.41, 5.74) is 2.40. The Labute approximate surface area is 131 Å². The number of carbonyl (C=O) groups excluding carboxylic acids is 1. The molecule has 0 spiro atoms. The summed E-state index contributed by atoms with van der Waals surface area (Å²) in [6.45, 7) is 5.01. The van der Waals surface area contributed by atoms with Gasteiger partial charge in [-0.3, -0.25) is 0 Å². The van der Waals surface area contributed by atoms with E-state index in [4.69, 9.17) is 4.74 Å². The number of rotatable bonds is 5. The summed E-state index contributed by atoms with van der Waals surface area (Å²) >= 11 is 1.71. The molecule has 1 heterocycles. The molecule has 1 aromatic carbocycles. The lowest BCUT2D eigenvalue weighted by Crippen LogP contribution is -2.39. The molecule has 5 heteroatoms. The maximum absolute atomic E-state index is 11.9. The number of urea groups is 1. The van der Waals surface area contributed by atoms with Crippen LogP contribution in [-0.2, 0) is 11.3 Å². The van der Waals surface area contributed by atoms with Gasteiger partial charge >= 0.3 is 6.03 Å². The quantitative estimate of drug-likeness (QED) is 0.822. The second-order valence-electron chi connectivity index (χ2n) is 5.43. The summed E-state index contributed by atoms with van der Waals surface area (Å²) in [5.74, 6) is 0.547. The number of hydrogen-bond donors (Lipinski definition) is 2. The molecule has 1 aliphatic heterocycles. The second-order valence-corrected chi connectivity index (χ2v) is 6.28. The van der Waals surface area contributed by atoms with Gasteiger partial charge in [-0.05, 0) is 49.1 Å². The summed E-state index contributed by atoms with van der Waals surface area (Å²) in [6.07, 6.45) is 4.13. The van der Waals surface area contributed by atoms with E-state index in [1.165, 1.54) is 10.5 Å². The highest BCUT2D eigenvalue weighted by atomic mass is 32.2. The predicted octanol–water partition coefficient (Wildman–Crippen LogP) is 2.94. The van der Waals surface area contributed by atoms with Crippen LogP contribution < -0.4 is 10.6 Å². The Morgan fingerprint density at radius 1 is 1.33 bits per heavy atom. The summed E-state index contributed by atoms with van der Waals surface area (Å²) in [7, 11) is 0. The van der Waals surface area contributed by atoms with Gasteiger partial charge in [0.25, 0.3) is 0 Å². The van der Waals surface area contributed by atoms with Gasteiger partial charge in [-0.2, -0.15) is 0 Å². The van der Waals surface area contributed by atoms with Gasteiger partial charge in [0.1, 0.15) is 0 Å². The van der Waals surface area contributed by atoms with Crippen LogP contribution in [0.25, 0.3) is 0 Å². The SMILES string of the molecule is CSc1cc(C)ccc1CNC(=O)NCC1CCOCC1. The van der Waals surface area contributed by atoms with E-state index in [2.05, 4.69) is 42.0 Å². The maximum Gasteiger partial charge on any atom is 0.315 e. The molecule has 2 amide bonds. The molecular formula is C16H24N2O2S. The molecule has 116 valence electrons. The fraction of sp³-hybridized carbons (Fsp3) is 0.562. The van der Waals surface area contributed by atoms with Crippen molar-refractivity contribution in [2.75, 3.05) is 26.0 Å². The van der Waals surface area contributed by atoms with Crippen molar-refractivity contribution in [3.05, 3.63) is 29.3 Å². The number of thioether (sulfide) groups is 1. The van der Waals surface area contributed by atoms with E-state index in [-0.39, 0.29) is 6.03 Å². The molecule has 0 radical (unpaired) electrons. The minimum absolute atomic E-state index is 0.0888. The lowest BCUT2D eigenvalue weighted by atomic mass is 10.0. The van der Waals surface area contributed by atoms with Crippen LogP contribution in [0.3, 0.4) is 0 Å². The van der Waals surface area contributed by atoms with Gasteiger partial charge in [0.15, 0.2) is 0 Å². The Hall–Kier alpha value is -1.20. The van der Waals surface area contributed by atoms with Gasteiger partial charge < -0.3 is 15.4 Å². The third kappa shape index (κ3) is 5.25. The van der Waals surface area contributed by atoms with E-state index in [0.29, 0.717) is 12.5 Å². The summed E-state index contributed by atoms with van der Waals surface area (Å²) < 4.78 is 5.32. The summed E-state index contributed by atoms with van der Waals surface area (Å²) in [5, 5.41) is 5.90. The standard InChI is InChI=1S/C16H24N2O2S/c1-12-3-4-14(15(9-12)21-2)11-18-16(19)17-10-13-5-7-20-8-6-13/h3-4,9,13H,5-8,10-11H2,1-2H3,(H2,17,18,19). The number of amides is 2. The van der Waals surface area contributed by atoms with Crippen LogP contribution in [-0.4, -0.2) is 32.0 Å². The fourth-order valence-electron chi connectivity index (χ4n) is 2.42. The third-order valence-electron chi connectivity index (χ3n) is 3.77. The van der Waals surface area contributed by atoms with Crippen molar-refractivity contribution in [3.63, 3.8) is 0 Å². The maximum atomic E-state index is 11.9. The molecule has 0 bridgehead atoms. The largest absolute Gasteiger partial charge is 0.381 e. The average Bonchev–Trinajstić information content (AvgIpc) is 2.52. The fourth-order valence-corrected chi connectivity index (χ4v) is 3.13. The molecule has 21 heavy (non-hydrogen) atoms. The first-order chi connectivity index (χ1) is 10.2. The number of hydrogen-bond acceptors (Lipinski definition) is 3. The molecule has 1 fully saturated rings. The number of ether oxygens (including phenoxy) is 1. The first kappa shape index (κ1) is 16.2. The molecule has 2 N–H and O–H groups in total. The normalized spacial score (nSPS) is 15.7. The molecule has 1 saturated heterocycles. The first-order valence-corrected chi connectivity index (χ1v) is 8.64. The van der Waals surface area contributed by atoms with Crippen molar-refractivity contribution >= 4 is 17.8 Å². The zero-order chi connectivity index (χ0) is 15.1. The van der Waals surface area contributed by atoms with Crippen LogP contribution >= 0.6 is 11.8 Å². The minimum Gasteiger partial charge on any atom is -0.381 e. The molecular weight excluding hydrogens is 284 g/mol. The highest BCUT2D eigenvalue weighted by Gasteiger charge is 2.14. The van der Waals surface area contributed by atoms with E-state index >= 15 is 0 Å². The van der Waals surface area contributed by atoms with Crippen LogP contribution in [0.15, 0.2) is 23.1 Å². The summed E-state index contributed by atoms with van der Waals surface area (Å²) in [4.78, 5) is 13.1. The van der Waals surface area contributed by atoms with E-state index in [0.717, 1.165) is 38.2 Å². The lowest BCUT2D eigenvalue weighted by Gasteiger charge is -2.22. The first-order valence-electron chi connectivity index (χ1n) is 7.42. The number of nitrogens with one attached hydrogen (secondary N) is 2. The van der Waals surface area contributed by atoms with Gasteiger partial charge in [-0.1, -0.05) is 12.1 Å². The van der Waals surface area contributed by atoms with Gasteiger partial charge in [0.2, 0.25) is 0 Å². The van der Waals surface area contributed by atoms with Crippen molar-refractivity contribution in [2.24, 2.45) is 5.92 Å². The third-order valence-corrected chi connectivity index (χ3v) is 4.59. The van der Waals surface area contributed by atoms with Gasteiger partial charge in [0, 0.05) is 31.2 Å². The highest BCUT2D eigenvalue weighted by molar-refractivity contribution is 7.98. The van der Waals surface area contributed by atoms with E-state index in [1.807, 2.05) is 0 Å². The Balaban J connectivity index is 1.75. The van der Waals surface area contributed by atoms with E-state index in [1.54, 1.807) is 11.8 Å². The van der Waals surface area contributed by atoms with Crippen molar-refractivity contribution in [1.82, 2.24) is 10.6 Å². The smallest absolute Gasteiger partial charge is 0.315 e. The molecule has 1 aromatic rings. The average molecular weight is 308 g/mol. The van der Waals surface area contributed by atoms with Crippen molar-refractivity contribution < 1.29 is 9.53 Å². The summed E-state index contributed by atoms with van der Waals surface area (Å²) in [6, 6.07) is 6.23. The Kier molecular flexibility index (Phi) is 6.39. The van der Waals surface area contributed by atoms with Crippen LogP contribution in [0.1, 0.15) is 24.0 Å². The van der Waals surface area contributed by atoms with Crippen molar-refractivity contribution in [3.8, 4) is 0 Å². The highest BCUT2D eigenvalue weighted by Crippen LogP contribution is 2.21. The van der Waals surface area contributed by atoms with Gasteiger partial charge in [-0.15, -0.1) is 11.8 Å². The van der Waals surface area contributed by atoms with Crippen molar-refractivity contribution in [2.45, 2.75) is 31.2 Å². The molecule has 1 aliphatic rings. The molecule has 2 rings (SSSR count). The van der Waals surface area contributed by atoms with Gasteiger partial charge in [-0.25, -0.2) is 4.79 Å². The minimum atomic E-state index is -0.0888. The number of carbonyl (C=O) groups is 1. The predicted molar refractivity (Wildman–Crippen MR) is 86.7 cm³/mol. The molecule has 0 atom stereocenters. The molecule has 0 saturated carbocycles. The molecule has 0 aliphatic carbocycles. The lowest BCUT2D eigenvalue weighted by molar-refractivity contribution is 0.0669. The topological polar surface area (TPSA) is 50.4 Å². The van der Waals surface area contributed by atoms with Crippen LogP contribution in [0.5, 0.6) is 0 Å². The Morgan fingerprint density at radius 3 is 2.81 bits per heavy atom. The van der Waals surface area contributed by atoms with Gasteiger partial charge in [0.05, 0.1) is 0 Å². The van der Waals surface area contributed by atoms with E-state index < -0.39 is 0 Å². The van der Waals surface area contributed by atoms with E-state index in [9.17, 15) is 4.79 Å². The second kappa shape index (κ2) is 8.29. The zero-order valence-corrected chi connectivity index (χ0v) is 13.6. The molecule has 0 unspecified atom stereocenters. The Morgan fingerprint density at radius 2 is 2.10 bits per heavy atom. The number of aryl methyl sites for hydroxylation is 1.